The Kier molecular flexibility index (Phi) is 11.2. The van der Waals surface area contributed by atoms with Crippen LogP contribution in [0.3, 0.4) is 0 Å². The van der Waals surface area contributed by atoms with Gasteiger partial charge in [0, 0.05) is 11.8 Å². The fourth-order valence-corrected chi connectivity index (χ4v) is 10.4. The van der Waals surface area contributed by atoms with Crippen LogP contribution in [-0.2, 0) is 14.9 Å². The number of amides is 2. The molecular formula is C34H49N5O4Si. The fourth-order valence-electron chi connectivity index (χ4n) is 5.22. The van der Waals surface area contributed by atoms with Crippen LogP contribution in [0.25, 0.3) is 11.3 Å². The topological polar surface area (TPSA) is 118 Å². The van der Waals surface area contributed by atoms with Crippen molar-refractivity contribution in [1.82, 2.24) is 15.0 Å². The van der Waals surface area contributed by atoms with E-state index in [9.17, 15) is 14.9 Å². The highest BCUT2D eigenvalue weighted by molar-refractivity contribution is 6.90. The highest BCUT2D eigenvalue weighted by Crippen LogP contribution is 2.41. The van der Waals surface area contributed by atoms with Gasteiger partial charge in [-0.05, 0) is 84.1 Å². The number of nitrogens with zero attached hydrogens (tertiary/aromatic N) is 5. The monoisotopic (exact) mass is 619 g/mol. The third-order valence-electron chi connectivity index (χ3n) is 7.36. The zero-order chi connectivity index (χ0) is 33.8. The molecule has 0 aliphatic heterocycles. The molecule has 0 fully saturated rings. The number of anilines is 1. The van der Waals surface area contributed by atoms with Gasteiger partial charge in [-0.1, -0.05) is 47.5 Å². The maximum Gasteiger partial charge on any atom is 0.425 e. The second-order valence-electron chi connectivity index (χ2n) is 14.5. The van der Waals surface area contributed by atoms with E-state index < -0.39 is 36.9 Å². The smallest absolute Gasteiger partial charge is 0.425 e. The molecule has 9 nitrogen and oxygen atoms in total. The minimum atomic E-state index is -2.26. The van der Waals surface area contributed by atoms with Gasteiger partial charge in [-0.2, -0.15) is 10.2 Å². The summed E-state index contributed by atoms with van der Waals surface area (Å²) < 4.78 is 11.3. The minimum absolute atomic E-state index is 0.0736. The van der Waals surface area contributed by atoms with Crippen LogP contribution in [0.5, 0.6) is 0 Å². The van der Waals surface area contributed by atoms with Crippen molar-refractivity contribution >= 4 is 26.1 Å². The summed E-state index contributed by atoms with van der Waals surface area (Å²) in [5, 5.41) is 9.67. The summed E-state index contributed by atoms with van der Waals surface area (Å²) in [6, 6.07) is 5.84. The lowest BCUT2D eigenvalue weighted by Gasteiger charge is -2.38. The van der Waals surface area contributed by atoms with Crippen LogP contribution in [0, 0.1) is 22.8 Å². The summed E-state index contributed by atoms with van der Waals surface area (Å²) in [5.41, 5.74) is 3.86. The van der Waals surface area contributed by atoms with Crippen molar-refractivity contribution < 1.29 is 19.1 Å². The lowest BCUT2D eigenvalue weighted by atomic mass is 9.90. The maximum absolute atomic E-state index is 13.6. The second kappa shape index (κ2) is 13.5. The van der Waals surface area contributed by atoms with Gasteiger partial charge in [-0.3, -0.25) is 4.98 Å². The van der Waals surface area contributed by atoms with Crippen LogP contribution in [-0.4, -0.2) is 46.4 Å². The molecule has 0 saturated heterocycles. The molecule has 2 heterocycles. The standard InChI is InChI=1S/C34H49N5O4Si/c1-22(2)44(23(3)4,24(5)6)18-16-26-29(39(30(40)42-32(7,8)9)31(41)43-33(10,11)12)37-20-27(38-26)25-15-17-36-28(19-25)34(13,14)21-35/h15,17,19-20,22-24H,1-14H3. The molecule has 0 unspecified atom stereocenters. The summed E-state index contributed by atoms with van der Waals surface area (Å²) in [7, 11) is -2.26. The van der Waals surface area contributed by atoms with E-state index in [1.165, 1.54) is 6.20 Å². The van der Waals surface area contributed by atoms with Crippen LogP contribution in [0.2, 0.25) is 16.6 Å². The molecule has 0 aromatic carbocycles. The Morgan fingerprint density at radius 3 is 1.80 bits per heavy atom. The summed E-state index contributed by atoms with van der Waals surface area (Å²) >= 11 is 0. The van der Waals surface area contributed by atoms with E-state index in [0.717, 1.165) is 4.90 Å². The molecule has 44 heavy (non-hydrogen) atoms. The van der Waals surface area contributed by atoms with Crippen LogP contribution >= 0.6 is 0 Å². The Balaban J connectivity index is 2.97. The van der Waals surface area contributed by atoms with Gasteiger partial charge < -0.3 is 9.47 Å². The maximum atomic E-state index is 13.6. The lowest BCUT2D eigenvalue weighted by molar-refractivity contribution is 0.0428. The Morgan fingerprint density at radius 2 is 1.36 bits per heavy atom. The Bertz CT molecular complexity index is 1420. The van der Waals surface area contributed by atoms with Crippen molar-refractivity contribution in [3.8, 4) is 28.8 Å². The third-order valence-corrected chi connectivity index (χ3v) is 13.6. The van der Waals surface area contributed by atoms with E-state index in [1.807, 2.05) is 0 Å². The van der Waals surface area contributed by atoms with E-state index in [1.54, 1.807) is 73.7 Å². The van der Waals surface area contributed by atoms with E-state index in [-0.39, 0.29) is 11.5 Å². The van der Waals surface area contributed by atoms with E-state index in [2.05, 4.69) is 69.0 Å². The van der Waals surface area contributed by atoms with Crippen LogP contribution < -0.4 is 4.90 Å². The number of hydrogen-bond donors (Lipinski definition) is 0. The number of aromatic nitrogens is 3. The molecule has 0 aliphatic carbocycles. The first-order valence-corrected chi connectivity index (χ1v) is 17.3. The van der Waals surface area contributed by atoms with Crippen LogP contribution in [0.1, 0.15) is 108 Å². The molecule has 0 spiro atoms. The summed E-state index contributed by atoms with van der Waals surface area (Å²) in [4.78, 5) is 41.8. The highest BCUT2D eigenvalue weighted by Gasteiger charge is 2.42. The number of pyridine rings is 1. The third kappa shape index (κ3) is 8.66. The predicted molar refractivity (Wildman–Crippen MR) is 177 cm³/mol. The van der Waals surface area contributed by atoms with Crippen molar-refractivity contribution in [1.29, 1.82) is 5.26 Å². The number of ether oxygens (including phenoxy) is 2. The number of carbonyl (C=O) groups excluding carboxylic acids is 2. The predicted octanol–water partition coefficient (Wildman–Crippen LogP) is 8.59. The van der Waals surface area contributed by atoms with E-state index in [0.29, 0.717) is 33.6 Å². The minimum Gasteiger partial charge on any atom is -0.443 e. The molecule has 0 N–H and O–H groups in total. The molecule has 0 atom stereocenters. The summed E-state index contributed by atoms with van der Waals surface area (Å²) in [5.74, 6) is 3.22. The molecule has 10 heteroatoms. The number of carbonyl (C=O) groups is 2. The second-order valence-corrected chi connectivity index (χ2v) is 20.1. The zero-order valence-electron chi connectivity index (χ0n) is 28.9. The van der Waals surface area contributed by atoms with Gasteiger partial charge in [0.25, 0.3) is 0 Å². The van der Waals surface area contributed by atoms with Crippen LogP contribution in [0.15, 0.2) is 24.5 Å². The number of hydrogen-bond acceptors (Lipinski definition) is 8. The van der Waals surface area contributed by atoms with E-state index in [4.69, 9.17) is 14.5 Å². The average Bonchev–Trinajstić information content (AvgIpc) is 2.87. The van der Waals surface area contributed by atoms with Gasteiger partial charge in [0.1, 0.15) is 19.3 Å². The van der Waals surface area contributed by atoms with Crippen molar-refractivity contribution in [3.05, 3.63) is 35.9 Å². The largest absolute Gasteiger partial charge is 0.443 e. The van der Waals surface area contributed by atoms with Crippen molar-refractivity contribution in [3.63, 3.8) is 0 Å². The lowest BCUT2D eigenvalue weighted by Crippen LogP contribution is -2.45. The molecule has 2 aromatic heterocycles. The summed E-state index contributed by atoms with van der Waals surface area (Å²) in [6.07, 6.45) is 1.20. The molecule has 0 aliphatic rings. The number of rotatable bonds is 6. The Morgan fingerprint density at radius 1 is 0.864 bits per heavy atom. The molecular weight excluding hydrogens is 570 g/mol. The first-order valence-electron chi connectivity index (χ1n) is 15.1. The normalized spacial score (nSPS) is 12.5. The van der Waals surface area contributed by atoms with Gasteiger partial charge in [-0.15, -0.1) is 5.54 Å². The van der Waals surface area contributed by atoms with E-state index >= 15 is 0 Å². The SMILES string of the molecule is CC(C)[Si](C#Cc1nc(-c2ccnc(C(C)(C)C#N)c2)cnc1N(C(=O)OC(C)(C)C)C(=O)OC(C)(C)C)(C(C)C)C(C)C. The molecule has 0 radical (unpaired) electrons. The average molecular weight is 620 g/mol. The number of nitriles is 1. The van der Waals surface area contributed by atoms with Crippen molar-refractivity contribution in [2.24, 2.45) is 0 Å². The Labute approximate surface area is 264 Å². The number of imide groups is 1. The molecule has 238 valence electrons. The van der Waals surface area contributed by atoms with Gasteiger partial charge in [-0.25, -0.2) is 19.6 Å². The molecule has 2 aromatic rings. The van der Waals surface area contributed by atoms with Gasteiger partial charge in [0.2, 0.25) is 0 Å². The van der Waals surface area contributed by atoms with Gasteiger partial charge in [0.15, 0.2) is 11.5 Å². The first-order chi connectivity index (χ1) is 20.1. The molecule has 2 rings (SSSR count). The van der Waals surface area contributed by atoms with Crippen molar-refractivity contribution in [2.75, 3.05) is 4.90 Å². The van der Waals surface area contributed by atoms with Crippen LogP contribution in [0.4, 0.5) is 15.4 Å². The van der Waals surface area contributed by atoms with Gasteiger partial charge >= 0.3 is 12.2 Å². The molecule has 0 bridgehead atoms. The molecule has 2 amide bonds. The van der Waals surface area contributed by atoms with Crippen molar-refractivity contribution in [2.45, 2.75) is 130 Å². The summed E-state index contributed by atoms with van der Waals surface area (Å²) in [6.45, 7) is 27.1. The first kappa shape index (κ1) is 36.4. The highest BCUT2D eigenvalue weighted by atomic mass is 28.3. The zero-order valence-corrected chi connectivity index (χ0v) is 29.9. The van der Waals surface area contributed by atoms with Gasteiger partial charge in [0.05, 0.1) is 29.1 Å². The molecule has 0 saturated carbocycles. The quantitative estimate of drug-likeness (QED) is 0.233. The fraction of sp³-hybridized carbons (Fsp3) is 0.588. The Hall–Kier alpha value is -3.76.